The zero-order chi connectivity index (χ0) is 22.6. The minimum absolute atomic E-state index is 0.0206. The molecule has 1 amide bonds. The summed E-state index contributed by atoms with van der Waals surface area (Å²) in [4.78, 5) is 16.8. The summed E-state index contributed by atoms with van der Waals surface area (Å²) in [5.41, 5.74) is 2.35. The van der Waals surface area contributed by atoms with Crippen molar-refractivity contribution in [3.8, 4) is 0 Å². The minimum atomic E-state index is -3.81. The number of piperazine rings is 1. The second kappa shape index (κ2) is 9.40. The molecule has 0 atom stereocenters. The number of nitrogens with zero attached hydrogens (tertiary/aromatic N) is 2. The predicted octanol–water partition coefficient (Wildman–Crippen LogP) is 3.52. The third-order valence-corrected chi connectivity index (χ3v) is 6.84. The van der Waals surface area contributed by atoms with Crippen molar-refractivity contribution in [3.05, 3.63) is 90.2 Å². The fourth-order valence-corrected chi connectivity index (χ4v) is 4.72. The molecule has 0 saturated carbocycles. The molecule has 1 heterocycles. The summed E-state index contributed by atoms with van der Waals surface area (Å²) in [6, 6.07) is 21.5. The number of sulfonamides is 1. The Hall–Kier alpha value is -3.39. The number of carbonyl (C=O) groups excluding carboxylic acids is 1. The normalized spacial score (nSPS) is 14.3. The molecule has 1 saturated heterocycles. The van der Waals surface area contributed by atoms with Gasteiger partial charge in [-0.15, -0.1) is 0 Å². The number of nitrogens with one attached hydrogen (secondary N) is 1. The second-order valence-corrected chi connectivity index (χ2v) is 9.32. The summed E-state index contributed by atoms with van der Waals surface area (Å²) in [6.07, 6.45) is 0.260. The number of benzene rings is 3. The van der Waals surface area contributed by atoms with Gasteiger partial charge in [0.15, 0.2) is 0 Å². The summed E-state index contributed by atoms with van der Waals surface area (Å²) in [6.45, 7) is 2.92. The average Bonchev–Trinajstić information content (AvgIpc) is 2.81. The number of halogens is 1. The molecule has 0 aliphatic carbocycles. The summed E-state index contributed by atoms with van der Waals surface area (Å²) < 4.78 is 40.3. The van der Waals surface area contributed by atoms with Crippen LogP contribution in [0.5, 0.6) is 0 Å². The van der Waals surface area contributed by atoms with Crippen molar-refractivity contribution < 1.29 is 17.6 Å². The molecule has 3 aromatic rings. The number of rotatable bonds is 6. The van der Waals surface area contributed by atoms with Gasteiger partial charge in [-0.25, -0.2) is 12.8 Å². The van der Waals surface area contributed by atoms with Crippen LogP contribution >= 0.6 is 0 Å². The Morgan fingerprint density at radius 1 is 0.844 bits per heavy atom. The van der Waals surface area contributed by atoms with Crippen molar-refractivity contribution in [1.82, 2.24) is 4.90 Å². The van der Waals surface area contributed by atoms with Crippen LogP contribution in [0.15, 0.2) is 83.8 Å². The highest BCUT2D eigenvalue weighted by molar-refractivity contribution is 7.92. The highest BCUT2D eigenvalue weighted by Gasteiger charge is 2.21. The largest absolute Gasteiger partial charge is 0.368 e. The van der Waals surface area contributed by atoms with Crippen LogP contribution in [0.4, 0.5) is 15.8 Å². The molecule has 0 bridgehead atoms. The quantitative estimate of drug-likeness (QED) is 0.620. The smallest absolute Gasteiger partial charge is 0.261 e. The Kier molecular flexibility index (Phi) is 6.41. The maximum atomic E-state index is 13.0. The number of amides is 1. The number of hydrogen-bond donors (Lipinski definition) is 1. The molecular formula is C24H24FN3O3S. The molecule has 32 heavy (non-hydrogen) atoms. The first-order valence-electron chi connectivity index (χ1n) is 10.4. The first-order chi connectivity index (χ1) is 15.4. The summed E-state index contributed by atoms with van der Waals surface area (Å²) in [5, 5.41) is 0. The monoisotopic (exact) mass is 453 g/mol. The van der Waals surface area contributed by atoms with E-state index in [-0.39, 0.29) is 17.2 Å². The van der Waals surface area contributed by atoms with Gasteiger partial charge in [-0.2, -0.15) is 0 Å². The number of hydrogen-bond acceptors (Lipinski definition) is 4. The maximum absolute atomic E-state index is 13.0. The molecule has 0 unspecified atom stereocenters. The van der Waals surface area contributed by atoms with Gasteiger partial charge in [0.1, 0.15) is 5.82 Å². The lowest BCUT2D eigenvalue weighted by Gasteiger charge is -2.36. The predicted molar refractivity (Wildman–Crippen MR) is 123 cm³/mol. The van der Waals surface area contributed by atoms with E-state index in [9.17, 15) is 17.6 Å². The number of carbonyl (C=O) groups is 1. The van der Waals surface area contributed by atoms with E-state index in [1.807, 2.05) is 23.1 Å². The molecule has 1 fully saturated rings. The van der Waals surface area contributed by atoms with Gasteiger partial charge < -0.3 is 9.80 Å². The van der Waals surface area contributed by atoms with Crippen LogP contribution in [-0.4, -0.2) is 45.4 Å². The van der Waals surface area contributed by atoms with E-state index in [0.717, 1.165) is 30.8 Å². The molecule has 1 N–H and O–H groups in total. The Balaban J connectivity index is 1.32. The summed E-state index contributed by atoms with van der Waals surface area (Å²) >= 11 is 0. The van der Waals surface area contributed by atoms with Crippen molar-refractivity contribution in [1.29, 1.82) is 0 Å². The molecule has 0 spiro atoms. The van der Waals surface area contributed by atoms with E-state index in [2.05, 4.69) is 21.8 Å². The fraction of sp³-hybridized carbons (Fsp3) is 0.208. The third kappa shape index (κ3) is 5.26. The van der Waals surface area contributed by atoms with Crippen LogP contribution in [0.25, 0.3) is 0 Å². The van der Waals surface area contributed by atoms with Crippen LogP contribution in [0, 0.1) is 5.82 Å². The van der Waals surface area contributed by atoms with Gasteiger partial charge in [-0.1, -0.05) is 30.3 Å². The molecule has 6 nitrogen and oxygen atoms in total. The fourth-order valence-electron chi connectivity index (χ4n) is 3.66. The lowest BCUT2D eigenvalue weighted by atomic mass is 10.1. The van der Waals surface area contributed by atoms with Gasteiger partial charge in [-0.05, 0) is 54.1 Å². The average molecular weight is 454 g/mol. The van der Waals surface area contributed by atoms with Crippen molar-refractivity contribution in [2.45, 2.75) is 11.3 Å². The first kappa shape index (κ1) is 21.8. The summed E-state index contributed by atoms with van der Waals surface area (Å²) in [5.74, 6) is -0.447. The number of anilines is 2. The van der Waals surface area contributed by atoms with Gasteiger partial charge in [0.25, 0.3) is 10.0 Å². The van der Waals surface area contributed by atoms with Crippen LogP contribution < -0.4 is 9.62 Å². The standard InChI is InChI=1S/C24H24FN3O3S/c25-20-8-12-23(13-9-20)32(30,31)26-21-10-6-19(7-11-21)18-24(29)28-16-14-27(15-17-28)22-4-2-1-3-5-22/h1-13,26H,14-18H2. The Labute approximate surface area is 187 Å². The summed E-state index contributed by atoms with van der Waals surface area (Å²) in [7, 11) is -3.81. The molecule has 8 heteroatoms. The molecular weight excluding hydrogens is 429 g/mol. The van der Waals surface area contributed by atoms with E-state index in [1.165, 1.54) is 17.8 Å². The van der Waals surface area contributed by atoms with E-state index >= 15 is 0 Å². The second-order valence-electron chi connectivity index (χ2n) is 7.64. The Morgan fingerprint density at radius 2 is 1.47 bits per heavy atom. The van der Waals surface area contributed by atoms with Gasteiger partial charge in [-0.3, -0.25) is 9.52 Å². The van der Waals surface area contributed by atoms with E-state index in [1.54, 1.807) is 24.3 Å². The van der Waals surface area contributed by atoms with Crippen LogP contribution in [0.1, 0.15) is 5.56 Å². The molecule has 0 radical (unpaired) electrons. The number of para-hydroxylation sites is 1. The van der Waals surface area contributed by atoms with Gasteiger partial charge in [0.2, 0.25) is 5.91 Å². The molecule has 166 valence electrons. The van der Waals surface area contributed by atoms with Gasteiger partial charge in [0.05, 0.1) is 11.3 Å². The van der Waals surface area contributed by atoms with Crippen LogP contribution in [-0.2, 0) is 21.2 Å². The van der Waals surface area contributed by atoms with Crippen molar-refractivity contribution in [2.24, 2.45) is 0 Å². The van der Waals surface area contributed by atoms with E-state index in [4.69, 9.17) is 0 Å². The highest BCUT2D eigenvalue weighted by atomic mass is 32.2. The molecule has 0 aromatic heterocycles. The van der Waals surface area contributed by atoms with E-state index < -0.39 is 15.8 Å². The SMILES string of the molecule is O=C(Cc1ccc(NS(=O)(=O)c2ccc(F)cc2)cc1)N1CCN(c2ccccc2)CC1. The van der Waals surface area contributed by atoms with E-state index in [0.29, 0.717) is 18.8 Å². The minimum Gasteiger partial charge on any atom is -0.368 e. The lowest BCUT2D eigenvalue weighted by Crippen LogP contribution is -2.49. The molecule has 1 aliphatic rings. The highest BCUT2D eigenvalue weighted by Crippen LogP contribution is 2.19. The van der Waals surface area contributed by atoms with Crippen molar-refractivity contribution >= 4 is 27.3 Å². The van der Waals surface area contributed by atoms with Crippen LogP contribution in [0.3, 0.4) is 0 Å². The Morgan fingerprint density at radius 3 is 2.09 bits per heavy atom. The maximum Gasteiger partial charge on any atom is 0.261 e. The Bertz CT molecular complexity index is 1160. The zero-order valence-electron chi connectivity index (χ0n) is 17.4. The molecule has 3 aromatic carbocycles. The van der Waals surface area contributed by atoms with Gasteiger partial charge >= 0.3 is 0 Å². The molecule has 1 aliphatic heterocycles. The van der Waals surface area contributed by atoms with Crippen LogP contribution in [0.2, 0.25) is 0 Å². The lowest BCUT2D eigenvalue weighted by molar-refractivity contribution is -0.130. The third-order valence-electron chi connectivity index (χ3n) is 5.44. The topological polar surface area (TPSA) is 69.7 Å². The zero-order valence-corrected chi connectivity index (χ0v) is 18.3. The van der Waals surface area contributed by atoms with Gasteiger partial charge in [0, 0.05) is 37.6 Å². The van der Waals surface area contributed by atoms with Crippen molar-refractivity contribution in [2.75, 3.05) is 35.8 Å². The van der Waals surface area contributed by atoms with Crippen molar-refractivity contribution in [3.63, 3.8) is 0 Å². The molecule has 4 rings (SSSR count). The first-order valence-corrected chi connectivity index (χ1v) is 11.8.